The summed E-state index contributed by atoms with van der Waals surface area (Å²) in [6.45, 7) is 4.50. The summed E-state index contributed by atoms with van der Waals surface area (Å²) in [7, 11) is 0. The number of hydrogen-bond donors (Lipinski definition) is 1. The molecule has 16 heavy (non-hydrogen) atoms. The van der Waals surface area contributed by atoms with Crippen LogP contribution in [0.5, 0.6) is 0 Å². The van der Waals surface area contributed by atoms with Gasteiger partial charge >= 0.3 is 0 Å². The summed E-state index contributed by atoms with van der Waals surface area (Å²) >= 11 is 0. The molecule has 2 unspecified atom stereocenters. The van der Waals surface area contributed by atoms with Gasteiger partial charge in [-0.05, 0) is 36.3 Å². The number of hydrogen-bond acceptors (Lipinski definition) is 2. The molecule has 1 aromatic rings. The highest BCUT2D eigenvalue weighted by Crippen LogP contribution is 2.42. The minimum Gasteiger partial charge on any atom is -0.327 e. The Morgan fingerprint density at radius 1 is 1.44 bits per heavy atom. The van der Waals surface area contributed by atoms with E-state index in [-0.39, 0.29) is 17.8 Å². The van der Waals surface area contributed by atoms with Gasteiger partial charge in [0.25, 0.3) is 0 Å². The standard InChI is InChI=1S/C13H19FN2/c1-13(2)4-3-12(15)11(6-13)9-5-10(14)8-16-7-9/h5,7-8,11-12H,3-4,6,15H2,1-2H3. The summed E-state index contributed by atoms with van der Waals surface area (Å²) in [5, 5.41) is 0. The Kier molecular flexibility index (Phi) is 2.98. The van der Waals surface area contributed by atoms with E-state index >= 15 is 0 Å². The van der Waals surface area contributed by atoms with Crippen molar-refractivity contribution in [2.24, 2.45) is 11.1 Å². The van der Waals surface area contributed by atoms with Crippen LogP contribution in [0.15, 0.2) is 18.5 Å². The van der Waals surface area contributed by atoms with Gasteiger partial charge in [-0.2, -0.15) is 0 Å². The van der Waals surface area contributed by atoms with E-state index in [1.807, 2.05) is 0 Å². The number of halogens is 1. The fourth-order valence-electron chi connectivity index (χ4n) is 2.60. The third-order valence-corrected chi connectivity index (χ3v) is 3.60. The largest absolute Gasteiger partial charge is 0.327 e. The lowest BCUT2D eigenvalue weighted by Crippen LogP contribution is -2.37. The Morgan fingerprint density at radius 2 is 2.19 bits per heavy atom. The lowest BCUT2D eigenvalue weighted by atomic mass is 9.68. The van der Waals surface area contributed by atoms with Crippen molar-refractivity contribution in [3.63, 3.8) is 0 Å². The number of pyridine rings is 1. The van der Waals surface area contributed by atoms with Crippen molar-refractivity contribution < 1.29 is 4.39 Å². The van der Waals surface area contributed by atoms with Crippen LogP contribution < -0.4 is 5.73 Å². The van der Waals surface area contributed by atoms with Crippen LogP contribution in [0.4, 0.5) is 4.39 Å². The lowest BCUT2D eigenvalue weighted by molar-refractivity contribution is 0.198. The van der Waals surface area contributed by atoms with Gasteiger partial charge in [0, 0.05) is 18.2 Å². The number of aromatic nitrogens is 1. The fourth-order valence-corrected chi connectivity index (χ4v) is 2.60. The average Bonchev–Trinajstić information content (AvgIpc) is 2.22. The summed E-state index contributed by atoms with van der Waals surface area (Å²) in [5.74, 6) is -0.0278. The van der Waals surface area contributed by atoms with Crippen molar-refractivity contribution >= 4 is 0 Å². The zero-order chi connectivity index (χ0) is 11.8. The first-order valence-electron chi connectivity index (χ1n) is 5.84. The van der Waals surface area contributed by atoms with Crippen molar-refractivity contribution in [3.8, 4) is 0 Å². The fraction of sp³-hybridized carbons (Fsp3) is 0.615. The molecule has 1 aromatic heterocycles. The van der Waals surface area contributed by atoms with Gasteiger partial charge in [0.15, 0.2) is 0 Å². The molecule has 0 aliphatic heterocycles. The van der Waals surface area contributed by atoms with E-state index in [0.717, 1.165) is 24.8 Å². The monoisotopic (exact) mass is 222 g/mol. The molecule has 0 radical (unpaired) electrons. The van der Waals surface area contributed by atoms with Gasteiger partial charge in [-0.3, -0.25) is 4.98 Å². The molecule has 0 saturated heterocycles. The van der Waals surface area contributed by atoms with Gasteiger partial charge in [-0.15, -0.1) is 0 Å². The van der Waals surface area contributed by atoms with Gasteiger partial charge in [0.05, 0.1) is 6.20 Å². The minimum absolute atomic E-state index is 0.136. The molecule has 0 aromatic carbocycles. The Hall–Kier alpha value is -0.960. The molecule has 2 N–H and O–H groups in total. The zero-order valence-electron chi connectivity index (χ0n) is 9.91. The second-order valence-electron chi connectivity index (χ2n) is 5.61. The second-order valence-corrected chi connectivity index (χ2v) is 5.61. The molecule has 2 atom stereocenters. The molecule has 1 fully saturated rings. The van der Waals surface area contributed by atoms with Gasteiger partial charge in [-0.1, -0.05) is 13.8 Å². The SMILES string of the molecule is CC1(C)CCC(N)C(c2cncc(F)c2)C1. The minimum atomic E-state index is -0.270. The molecule has 88 valence electrons. The Bertz CT molecular complexity index is 376. The van der Waals surface area contributed by atoms with Crippen LogP contribution in [0.2, 0.25) is 0 Å². The first-order valence-corrected chi connectivity index (χ1v) is 5.84. The van der Waals surface area contributed by atoms with E-state index in [1.165, 1.54) is 6.20 Å². The molecule has 1 saturated carbocycles. The zero-order valence-corrected chi connectivity index (χ0v) is 9.91. The predicted octanol–water partition coefficient (Wildman–Crippen LogP) is 2.84. The summed E-state index contributed by atoms with van der Waals surface area (Å²) in [6, 6.07) is 1.70. The normalized spacial score (nSPS) is 29.0. The summed E-state index contributed by atoms with van der Waals surface area (Å²) in [5.41, 5.74) is 7.38. The molecule has 0 amide bonds. The third-order valence-electron chi connectivity index (χ3n) is 3.60. The second kappa shape index (κ2) is 4.13. The number of nitrogens with two attached hydrogens (primary N) is 1. The van der Waals surface area contributed by atoms with Crippen molar-refractivity contribution in [2.75, 3.05) is 0 Å². The van der Waals surface area contributed by atoms with Crippen LogP contribution >= 0.6 is 0 Å². The highest BCUT2D eigenvalue weighted by atomic mass is 19.1. The number of nitrogens with zero attached hydrogens (tertiary/aromatic N) is 1. The molecule has 0 bridgehead atoms. The van der Waals surface area contributed by atoms with Gasteiger partial charge in [0.1, 0.15) is 5.82 Å². The highest BCUT2D eigenvalue weighted by Gasteiger charge is 2.34. The van der Waals surface area contributed by atoms with Gasteiger partial charge in [-0.25, -0.2) is 4.39 Å². The quantitative estimate of drug-likeness (QED) is 0.793. The maximum absolute atomic E-state index is 13.1. The Balaban J connectivity index is 2.25. The molecule has 3 heteroatoms. The van der Waals surface area contributed by atoms with Crippen LogP contribution in [0.3, 0.4) is 0 Å². The Morgan fingerprint density at radius 3 is 2.88 bits per heavy atom. The average molecular weight is 222 g/mol. The molecule has 1 aliphatic rings. The van der Waals surface area contributed by atoms with E-state index in [4.69, 9.17) is 5.73 Å². The van der Waals surface area contributed by atoms with E-state index in [0.29, 0.717) is 5.41 Å². The van der Waals surface area contributed by atoms with Crippen LogP contribution in [-0.2, 0) is 0 Å². The van der Waals surface area contributed by atoms with Crippen LogP contribution in [0.1, 0.15) is 44.6 Å². The molecular weight excluding hydrogens is 203 g/mol. The van der Waals surface area contributed by atoms with Gasteiger partial charge < -0.3 is 5.73 Å². The van der Waals surface area contributed by atoms with Crippen LogP contribution in [0.25, 0.3) is 0 Å². The molecule has 2 rings (SSSR count). The van der Waals surface area contributed by atoms with Crippen LogP contribution in [-0.4, -0.2) is 11.0 Å². The summed E-state index contributed by atoms with van der Waals surface area (Å²) in [4.78, 5) is 3.91. The smallest absolute Gasteiger partial charge is 0.141 e. The van der Waals surface area contributed by atoms with Gasteiger partial charge in [0.2, 0.25) is 0 Å². The topological polar surface area (TPSA) is 38.9 Å². The van der Waals surface area contributed by atoms with E-state index in [9.17, 15) is 4.39 Å². The molecule has 2 nitrogen and oxygen atoms in total. The molecule has 1 heterocycles. The third kappa shape index (κ3) is 2.40. The van der Waals surface area contributed by atoms with Crippen molar-refractivity contribution in [3.05, 3.63) is 29.8 Å². The first kappa shape index (κ1) is 11.5. The van der Waals surface area contributed by atoms with E-state index < -0.39 is 0 Å². The van der Waals surface area contributed by atoms with Crippen molar-refractivity contribution in [1.82, 2.24) is 4.98 Å². The summed E-state index contributed by atoms with van der Waals surface area (Å²) in [6.07, 6.45) is 6.15. The molecular formula is C13H19FN2. The van der Waals surface area contributed by atoms with Crippen LogP contribution in [0, 0.1) is 11.2 Å². The maximum atomic E-state index is 13.1. The molecule has 0 spiro atoms. The summed E-state index contributed by atoms with van der Waals surface area (Å²) < 4.78 is 13.1. The van der Waals surface area contributed by atoms with Crippen molar-refractivity contribution in [2.45, 2.75) is 45.1 Å². The van der Waals surface area contributed by atoms with E-state index in [2.05, 4.69) is 18.8 Å². The van der Waals surface area contributed by atoms with Crippen molar-refractivity contribution in [1.29, 1.82) is 0 Å². The van der Waals surface area contributed by atoms with E-state index in [1.54, 1.807) is 12.3 Å². The first-order chi connectivity index (χ1) is 7.48. The highest BCUT2D eigenvalue weighted by molar-refractivity contribution is 5.19. The predicted molar refractivity (Wildman–Crippen MR) is 62.5 cm³/mol. The maximum Gasteiger partial charge on any atom is 0.141 e. The molecule has 1 aliphatic carbocycles. The number of rotatable bonds is 1. The lowest BCUT2D eigenvalue weighted by Gasteiger charge is -2.39. The Labute approximate surface area is 96.1 Å².